The van der Waals surface area contributed by atoms with Crippen molar-refractivity contribution in [2.24, 2.45) is 10.9 Å². The zero-order valence-electron chi connectivity index (χ0n) is 17.0. The summed E-state index contributed by atoms with van der Waals surface area (Å²) in [6.07, 6.45) is 4.47. The van der Waals surface area contributed by atoms with Gasteiger partial charge in [-0.2, -0.15) is 0 Å². The highest BCUT2D eigenvalue weighted by Crippen LogP contribution is 2.18. The minimum absolute atomic E-state index is 0.0546. The topological polar surface area (TPSA) is 74.8 Å². The molecule has 0 aliphatic heterocycles. The number of carbonyl (C=O) groups excluding carboxylic acids is 1. The van der Waals surface area contributed by atoms with Crippen LogP contribution in [-0.4, -0.2) is 37.6 Å². The number of nitrogens with one attached hydrogen (secondary N) is 3. The van der Waals surface area contributed by atoms with E-state index in [0.29, 0.717) is 30.3 Å². The van der Waals surface area contributed by atoms with Crippen LogP contribution in [0.4, 0.5) is 0 Å². The van der Waals surface area contributed by atoms with Crippen LogP contribution in [0.15, 0.2) is 29.3 Å². The molecule has 1 aromatic carbocycles. The Morgan fingerprint density at radius 2 is 2.04 bits per heavy atom. The van der Waals surface area contributed by atoms with E-state index >= 15 is 0 Å². The lowest BCUT2D eigenvalue weighted by Crippen LogP contribution is -2.41. The maximum Gasteiger partial charge on any atom is 0.258 e. The van der Waals surface area contributed by atoms with Crippen LogP contribution in [0.1, 0.15) is 52.0 Å². The number of benzene rings is 1. The zero-order valence-corrected chi connectivity index (χ0v) is 17.0. The summed E-state index contributed by atoms with van der Waals surface area (Å²) in [5.41, 5.74) is 1.08. The highest BCUT2D eigenvalue weighted by molar-refractivity contribution is 5.80. The fraction of sp³-hybridized carbons (Fsp3) is 0.619. The molecule has 1 atom stereocenters. The van der Waals surface area contributed by atoms with Gasteiger partial charge in [0.2, 0.25) is 0 Å². The largest absolute Gasteiger partial charge is 0.484 e. The highest BCUT2D eigenvalue weighted by Gasteiger charge is 2.23. The fourth-order valence-corrected chi connectivity index (χ4v) is 2.66. The van der Waals surface area contributed by atoms with Gasteiger partial charge in [-0.05, 0) is 56.2 Å². The molecule has 1 fully saturated rings. The predicted molar refractivity (Wildman–Crippen MR) is 110 cm³/mol. The molecule has 1 aromatic rings. The van der Waals surface area contributed by atoms with Gasteiger partial charge in [0, 0.05) is 25.7 Å². The van der Waals surface area contributed by atoms with Crippen molar-refractivity contribution in [2.75, 3.05) is 13.7 Å². The summed E-state index contributed by atoms with van der Waals surface area (Å²) in [5.74, 6) is 2.15. The van der Waals surface area contributed by atoms with E-state index in [1.165, 1.54) is 6.42 Å². The Labute approximate surface area is 163 Å². The third kappa shape index (κ3) is 8.80. The molecule has 2 rings (SSSR count). The average molecular weight is 375 g/mol. The molecule has 1 amide bonds. The maximum atomic E-state index is 11.7. The van der Waals surface area contributed by atoms with Crippen molar-refractivity contribution in [1.82, 2.24) is 16.0 Å². The van der Waals surface area contributed by atoms with Crippen LogP contribution in [0.2, 0.25) is 0 Å². The number of guanidine groups is 1. The number of amides is 1. The lowest BCUT2D eigenvalue weighted by molar-refractivity contribution is -0.123. The Hall–Kier alpha value is -2.24. The summed E-state index contributed by atoms with van der Waals surface area (Å²) >= 11 is 0. The molecule has 1 saturated carbocycles. The number of aliphatic imine (C=N–C) groups is 1. The first-order chi connectivity index (χ1) is 13.0. The SMILES string of the molecule is CN=C(NCc1cccc(OCC(=O)NC2CC2)c1)NC(C)CCC(C)C. The molecule has 0 saturated heterocycles. The molecule has 150 valence electrons. The third-order valence-corrected chi connectivity index (χ3v) is 4.45. The van der Waals surface area contributed by atoms with E-state index < -0.39 is 0 Å². The second-order valence-corrected chi connectivity index (χ2v) is 7.72. The van der Waals surface area contributed by atoms with E-state index in [9.17, 15) is 4.79 Å². The fourth-order valence-electron chi connectivity index (χ4n) is 2.66. The van der Waals surface area contributed by atoms with Crippen LogP contribution >= 0.6 is 0 Å². The Morgan fingerprint density at radius 3 is 2.70 bits per heavy atom. The van der Waals surface area contributed by atoms with Gasteiger partial charge in [-0.1, -0.05) is 26.0 Å². The minimum Gasteiger partial charge on any atom is -0.484 e. The van der Waals surface area contributed by atoms with Gasteiger partial charge in [0.25, 0.3) is 5.91 Å². The summed E-state index contributed by atoms with van der Waals surface area (Å²) in [6.45, 7) is 7.36. The first-order valence-electron chi connectivity index (χ1n) is 9.94. The maximum absolute atomic E-state index is 11.7. The lowest BCUT2D eigenvalue weighted by atomic mass is 10.0. The van der Waals surface area contributed by atoms with E-state index in [2.05, 4.69) is 41.7 Å². The van der Waals surface area contributed by atoms with E-state index in [4.69, 9.17) is 4.74 Å². The van der Waals surface area contributed by atoms with Crippen LogP contribution in [0, 0.1) is 5.92 Å². The first kappa shape index (κ1) is 21.1. The molecule has 1 aliphatic rings. The number of rotatable bonds is 10. The number of nitrogens with zero attached hydrogens (tertiary/aromatic N) is 1. The summed E-state index contributed by atoms with van der Waals surface area (Å²) in [5, 5.41) is 9.68. The van der Waals surface area contributed by atoms with Gasteiger partial charge < -0.3 is 20.7 Å². The monoisotopic (exact) mass is 374 g/mol. The minimum atomic E-state index is -0.0546. The average Bonchev–Trinajstić information content (AvgIpc) is 3.46. The normalized spacial score (nSPS) is 15.4. The van der Waals surface area contributed by atoms with E-state index in [-0.39, 0.29) is 12.5 Å². The summed E-state index contributed by atoms with van der Waals surface area (Å²) in [7, 11) is 1.78. The van der Waals surface area contributed by atoms with Crippen molar-refractivity contribution in [3.05, 3.63) is 29.8 Å². The molecule has 1 aliphatic carbocycles. The van der Waals surface area contributed by atoms with Crippen molar-refractivity contribution in [3.8, 4) is 5.75 Å². The summed E-state index contributed by atoms with van der Waals surface area (Å²) < 4.78 is 5.60. The second kappa shape index (κ2) is 10.8. The summed E-state index contributed by atoms with van der Waals surface area (Å²) in [4.78, 5) is 16.0. The second-order valence-electron chi connectivity index (χ2n) is 7.72. The molecular weight excluding hydrogens is 340 g/mol. The van der Waals surface area contributed by atoms with Gasteiger partial charge in [0.1, 0.15) is 5.75 Å². The number of hydrogen-bond donors (Lipinski definition) is 3. The van der Waals surface area contributed by atoms with Gasteiger partial charge in [-0.3, -0.25) is 9.79 Å². The molecule has 0 radical (unpaired) electrons. The Kier molecular flexibility index (Phi) is 8.43. The first-order valence-corrected chi connectivity index (χ1v) is 9.94. The highest BCUT2D eigenvalue weighted by atomic mass is 16.5. The standard InChI is InChI=1S/C21H34N4O2/c1-15(2)8-9-16(3)24-21(22-4)23-13-17-6-5-7-19(12-17)27-14-20(26)25-18-10-11-18/h5-7,12,15-16,18H,8-11,13-14H2,1-4H3,(H,25,26)(H2,22,23,24). The van der Waals surface area contributed by atoms with Gasteiger partial charge >= 0.3 is 0 Å². The van der Waals surface area contributed by atoms with Crippen LogP contribution in [0.5, 0.6) is 5.75 Å². The van der Waals surface area contributed by atoms with E-state index in [1.54, 1.807) is 7.05 Å². The molecule has 3 N–H and O–H groups in total. The van der Waals surface area contributed by atoms with Crippen LogP contribution in [-0.2, 0) is 11.3 Å². The van der Waals surface area contributed by atoms with E-state index in [1.807, 2.05) is 24.3 Å². The van der Waals surface area contributed by atoms with Crippen molar-refractivity contribution >= 4 is 11.9 Å². The van der Waals surface area contributed by atoms with Gasteiger partial charge in [0.05, 0.1) is 0 Å². The molecule has 1 unspecified atom stereocenters. The van der Waals surface area contributed by atoms with Crippen molar-refractivity contribution in [1.29, 1.82) is 0 Å². The summed E-state index contributed by atoms with van der Waals surface area (Å²) in [6, 6.07) is 8.52. The number of carbonyl (C=O) groups is 1. The molecule has 0 spiro atoms. The Morgan fingerprint density at radius 1 is 1.26 bits per heavy atom. The zero-order chi connectivity index (χ0) is 19.6. The molecule has 6 heteroatoms. The van der Waals surface area contributed by atoms with Crippen LogP contribution < -0.4 is 20.7 Å². The van der Waals surface area contributed by atoms with Gasteiger partial charge in [-0.25, -0.2) is 0 Å². The molecule has 27 heavy (non-hydrogen) atoms. The quantitative estimate of drug-likeness (QED) is 0.435. The molecule has 0 heterocycles. The molecule has 0 aromatic heterocycles. The number of hydrogen-bond acceptors (Lipinski definition) is 3. The van der Waals surface area contributed by atoms with Crippen molar-refractivity contribution in [3.63, 3.8) is 0 Å². The van der Waals surface area contributed by atoms with Crippen LogP contribution in [0.25, 0.3) is 0 Å². The lowest BCUT2D eigenvalue weighted by Gasteiger charge is -2.19. The Balaban J connectivity index is 1.75. The third-order valence-electron chi connectivity index (χ3n) is 4.45. The van der Waals surface area contributed by atoms with E-state index in [0.717, 1.165) is 30.8 Å². The molecule has 0 bridgehead atoms. The Bertz CT molecular complexity index is 626. The predicted octanol–water partition coefficient (Wildman–Crippen LogP) is 2.83. The number of ether oxygens (including phenoxy) is 1. The smallest absolute Gasteiger partial charge is 0.258 e. The van der Waals surface area contributed by atoms with Gasteiger partial charge in [0.15, 0.2) is 12.6 Å². The van der Waals surface area contributed by atoms with Crippen molar-refractivity contribution < 1.29 is 9.53 Å². The van der Waals surface area contributed by atoms with Crippen LogP contribution in [0.3, 0.4) is 0 Å². The molecule has 6 nitrogen and oxygen atoms in total. The van der Waals surface area contributed by atoms with Gasteiger partial charge in [-0.15, -0.1) is 0 Å². The van der Waals surface area contributed by atoms with Crippen molar-refractivity contribution in [2.45, 2.75) is 65.1 Å². The molecular formula is C21H34N4O2.